The molecule has 1 fully saturated rings. The second kappa shape index (κ2) is 5.03. The van der Waals surface area contributed by atoms with Gasteiger partial charge in [0.15, 0.2) is 6.10 Å². The number of rotatable bonds is 4. The standard InChI is InChI=1S/C11H12FNO3S/c1-15-16-10-9(13(17-2)11(10)14)7-5-3-4-6-8(7)12/h3-6,9-10H,1-2H3. The Balaban J connectivity index is 2.28. The van der Waals surface area contributed by atoms with Gasteiger partial charge in [0.1, 0.15) is 11.9 Å². The first-order chi connectivity index (χ1) is 8.20. The number of carbonyl (C=O) groups is 1. The van der Waals surface area contributed by atoms with Gasteiger partial charge < -0.3 is 0 Å². The number of hydrogen-bond donors (Lipinski definition) is 0. The van der Waals surface area contributed by atoms with E-state index in [4.69, 9.17) is 4.89 Å². The maximum atomic E-state index is 13.7. The van der Waals surface area contributed by atoms with E-state index in [1.54, 1.807) is 24.5 Å². The van der Waals surface area contributed by atoms with E-state index in [9.17, 15) is 9.18 Å². The van der Waals surface area contributed by atoms with E-state index in [-0.39, 0.29) is 11.7 Å². The summed E-state index contributed by atoms with van der Waals surface area (Å²) < 4.78 is 15.1. The average molecular weight is 257 g/mol. The Morgan fingerprint density at radius 2 is 2.12 bits per heavy atom. The molecule has 0 saturated carbocycles. The first-order valence-corrected chi connectivity index (χ1v) is 6.20. The zero-order chi connectivity index (χ0) is 12.4. The van der Waals surface area contributed by atoms with Crippen LogP contribution in [-0.2, 0) is 14.6 Å². The highest BCUT2D eigenvalue weighted by molar-refractivity contribution is 7.96. The van der Waals surface area contributed by atoms with Gasteiger partial charge in [-0.05, 0) is 6.07 Å². The predicted molar refractivity (Wildman–Crippen MR) is 61.4 cm³/mol. The van der Waals surface area contributed by atoms with Gasteiger partial charge in [0, 0.05) is 11.8 Å². The Morgan fingerprint density at radius 1 is 1.41 bits per heavy atom. The fraction of sp³-hybridized carbons (Fsp3) is 0.364. The fourth-order valence-electron chi connectivity index (χ4n) is 1.84. The molecular weight excluding hydrogens is 245 g/mol. The maximum absolute atomic E-state index is 13.7. The van der Waals surface area contributed by atoms with Crippen molar-refractivity contribution in [1.82, 2.24) is 4.31 Å². The lowest BCUT2D eigenvalue weighted by Crippen LogP contribution is -2.56. The van der Waals surface area contributed by atoms with E-state index < -0.39 is 12.1 Å². The second-order valence-electron chi connectivity index (χ2n) is 3.50. The Hall–Kier alpha value is -1.11. The van der Waals surface area contributed by atoms with Crippen molar-refractivity contribution in [1.29, 1.82) is 0 Å². The molecule has 0 aromatic heterocycles. The van der Waals surface area contributed by atoms with Crippen LogP contribution in [-0.4, -0.2) is 29.7 Å². The molecule has 1 aliphatic rings. The van der Waals surface area contributed by atoms with Crippen LogP contribution in [0.1, 0.15) is 11.6 Å². The van der Waals surface area contributed by atoms with E-state index in [1.807, 2.05) is 0 Å². The van der Waals surface area contributed by atoms with Crippen LogP contribution >= 0.6 is 11.9 Å². The summed E-state index contributed by atoms with van der Waals surface area (Å²) in [7, 11) is 1.33. The fourth-order valence-corrected chi connectivity index (χ4v) is 2.58. The summed E-state index contributed by atoms with van der Waals surface area (Å²) >= 11 is 1.24. The van der Waals surface area contributed by atoms with Gasteiger partial charge in [-0.25, -0.2) is 14.2 Å². The molecule has 0 spiro atoms. The monoisotopic (exact) mass is 257 g/mol. The molecule has 4 nitrogen and oxygen atoms in total. The quantitative estimate of drug-likeness (QED) is 0.357. The molecular formula is C11H12FNO3S. The van der Waals surface area contributed by atoms with Crippen LogP contribution in [0.25, 0.3) is 0 Å². The lowest BCUT2D eigenvalue weighted by Gasteiger charge is -2.43. The van der Waals surface area contributed by atoms with Crippen molar-refractivity contribution in [3.8, 4) is 0 Å². The lowest BCUT2D eigenvalue weighted by atomic mass is 9.93. The molecule has 0 radical (unpaired) electrons. The van der Waals surface area contributed by atoms with E-state index in [2.05, 4.69) is 4.89 Å². The van der Waals surface area contributed by atoms with E-state index in [0.717, 1.165) is 0 Å². The van der Waals surface area contributed by atoms with Gasteiger partial charge in [-0.15, -0.1) is 0 Å². The molecule has 17 heavy (non-hydrogen) atoms. The molecule has 1 aromatic carbocycles. The van der Waals surface area contributed by atoms with Crippen molar-refractivity contribution in [2.45, 2.75) is 12.1 Å². The van der Waals surface area contributed by atoms with Crippen molar-refractivity contribution >= 4 is 17.9 Å². The summed E-state index contributed by atoms with van der Waals surface area (Å²) in [6.45, 7) is 0. The molecule has 2 unspecified atom stereocenters. The number of halogens is 1. The first-order valence-electron chi connectivity index (χ1n) is 5.01. The third kappa shape index (κ3) is 2.03. The van der Waals surface area contributed by atoms with Gasteiger partial charge in [-0.1, -0.05) is 30.1 Å². The number of hydrogen-bond acceptors (Lipinski definition) is 4. The molecule has 0 N–H and O–H groups in total. The molecule has 2 rings (SSSR count). The van der Waals surface area contributed by atoms with Gasteiger partial charge in [0.05, 0.1) is 7.11 Å². The highest BCUT2D eigenvalue weighted by Crippen LogP contribution is 2.41. The predicted octanol–water partition coefficient (Wildman–Crippen LogP) is 1.93. The van der Waals surface area contributed by atoms with E-state index in [0.29, 0.717) is 5.56 Å². The van der Waals surface area contributed by atoms with Gasteiger partial charge >= 0.3 is 0 Å². The zero-order valence-corrected chi connectivity index (χ0v) is 10.2. The number of β-lactam (4-membered cyclic amide) rings is 1. The van der Waals surface area contributed by atoms with Crippen LogP contribution in [0.15, 0.2) is 24.3 Å². The molecule has 1 saturated heterocycles. The lowest BCUT2D eigenvalue weighted by molar-refractivity contribution is -0.319. The molecule has 1 heterocycles. The SMILES string of the molecule is COOC1C(=O)N(SC)C1c1ccccc1F. The molecule has 1 aromatic rings. The summed E-state index contributed by atoms with van der Waals surface area (Å²) in [6.07, 6.45) is 0.985. The topological polar surface area (TPSA) is 38.8 Å². The molecule has 2 atom stereocenters. The Labute approximate surface area is 103 Å². The normalized spacial score (nSPS) is 23.7. The third-order valence-corrected chi connectivity index (χ3v) is 3.42. The summed E-state index contributed by atoms with van der Waals surface area (Å²) in [5.74, 6) is -0.568. The summed E-state index contributed by atoms with van der Waals surface area (Å²) in [5.41, 5.74) is 0.434. The summed E-state index contributed by atoms with van der Waals surface area (Å²) in [4.78, 5) is 21.0. The molecule has 92 valence electrons. The van der Waals surface area contributed by atoms with Crippen molar-refractivity contribution in [2.75, 3.05) is 13.4 Å². The number of carbonyl (C=O) groups excluding carboxylic acids is 1. The molecule has 1 aliphatic heterocycles. The Morgan fingerprint density at radius 3 is 2.71 bits per heavy atom. The highest BCUT2D eigenvalue weighted by Gasteiger charge is 2.51. The second-order valence-corrected chi connectivity index (χ2v) is 4.25. The Bertz CT molecular complexity index is 429. The van der Waals surface area contributed by atoms with Gasteiger partial charge in [-0.2, -0.15) is 0 Å². The minimum atomic E-state index is -0.774. The smallest absolute Gasteiger partial charge is 0.268 e. The number of nitrogens with zero attached hydrogens (tertiary/aromatic N) is 1. The van der Waals surface area contributed by atoms with Gasteiger partial charge in [0.2, 0.25) is 0 Å². The molecule has 0 bridgehead atoms. The minimum Gasteiger partial charge on any atom is -0.273 e. The molecule has 0 aliphatic carbocycles. The van der Waals surface area contributed by atoms with Crippen molar-refractivity contribution in [3.63, 3.8) is 0 Å². The van der Waals surface area contributed by atoms with E-state index in [1.165, 1.54) is 29.4 Å². The van der Waals surface area contributed by atoms with Crippen molar-refractivity contribution in [3.05, 3.63) is 35.6 Å². The first kappa shape index (κ1) is 12.3. The Kier molecular flexibility index (Phi) is 3.66. The summed E-state index contributed by atoms with van der Waals surface area (Å²) in [5, 5.41) is 0. The third-order valence-electron chi connectivity index (χ3n) is 2.62. The molecule has 1 amide bonds. The van der Waals surface area contributed by atoms with Crippen LogP contribution < -0.4 is 0 Å². The largest absolute Gasteiger partial charge is 0.273 e. The zero-order valence-electron chi connectivity index (χ0n) is 9.42. The van der Waals surface area contributed by atoms with E-state index >= 15 is 0 Å². The van der Waals surface area contributed by atoms with Crippen LogP contribution in [0.4, 0.5) is 4.39 Å². The van der Waals surface area contributed by atoms with Crippen LogP contribution in [0, 0.1) is 5.82 Å². The van der Waals surface area contributed by atoms with Crippen molar-refractivity contribution < 1.29 is 19.0 Å². The number of benzene rings is 1. The van der Waals surface area contributed by atoms with Crippen molar-refractivity contribution in [2.24, 2.45) is 0 Å². The van der Waals surface area contributed by atoms with Gasteiger partial charge in [-0.3, -0.25) is 9.10 Å². The molecule has 6 heteroatoms. The van der Waals surface area contributed by atoms with Crippen LogP contribution in [0.3, 0.4) is 0 Å². The highest BCUT2D eigenvalue weighted by atomic mass is 32.2. The minimum absolute atomic E-state index is 0.215. The number of amides is 1. The van der Waals surface area contributed by atoms with Crippen LogP contribution in [0.2, 0.25) is 0 Å². The van der Waals surface area contributed by atoms with Crippen LogP contribution in [0.5, 0.6) is 0 Å². The summed E-state index contributed by atoms with van der Waals surface area (Å²) in [6, 6.07) is 5.89. The average Bonchev–Trinajstić information content (AvgIpc) is 2.34. The van der Waals surface area contributed by atoms with Gasteiger partial charge in [0.25, 0.3) is 5.91 Å². The maximum Gasteiger partial charge on any atom is 0.268 e.